The van der Waals surface area contributed by atoms with E-state index >= 15 is 0 Å². The molecule has 5 nitrogen and oxygen atoms in total. The zero-order chi connectivity index (χ0) is 19.3. The van der Waals surface area contributed by atoms with E-state index in [9.17, 15) is 18.0 Å². The highest BCUT2D eigenvalue weighted by Crippen LogP contribution is 2.31. The highest BCUT2D eigenvalue weighted by Gasteiger charge is 2.30. The monoisotopic (exact) mass is 375 g/mol. The second-order valence-electron chi connectivity index (χ2n) is 5.85. The van der Waals surface area contributed by atoms with E-state index in [0.29, 0.717) is 6.54 Å². The van der Waals surface area contributed by atoms with E-state index in [0.717, 1.165) is 17.7 Å². The van der Waals surface area contributed by atoms with Crippen LogP contribution in [0.5, 0.6) is 0 Å². The minimum atomic E-state index is -4.45. The Morgan fingerprint density at radius 3 is 2.59 bits per heavy atom. The molecule has 140 valence electrons. The molecule has 1 N–H and O–H groups in total. The molecule has 3 rings (SSSR count). The van der Waals surface area contributed by atoms with Gasteiger partial charge >= 0.3 is 6.18 Å². The predicted molar refractivity (Wildman–Crippen MR) is 91.3 cm³/mol. The number of rotatable bonds is 6. The number of hydrogen-bond acceptors (Lipinski definition) is 4. The van der Waals surface area contributed by atoms with Crippen LogP contribution in [-0.4, -0.2) is 16.0 Å². The van der Waals surface area contributed by atoms with Gasteiger partial charge in [0, 0.05) is 24.9 Å². The van der Waals surface area contributed by atoms with Gasteiger partial charge in [-0.05, 0) is 17.7 Å². The number of nitrogens with one attached hydrogen (secondary N) is 1. The van der Waals surface area contributed by atoms with E-state index < -0.39 is 11.7 Å². The van der Waals surface area contributed by atoms with Crippen molar-refractivity contribution < 1.29 is 22.5 Å². The standard InChI is InChI=1S/C19H16F3N3O2/c20-19(21,22)15-8-4-7-14(11-15)18-24-17(27-25-18)10-9-16(26)23-12-13-5-2-1-3-6-13/h1-8,11H,9-10,12H2,(H,23,26). The van der Waals surface area contributed by atoms with Crippen LogP contribution < -0.4 is 5.32 Å². The maximum Gasteiger partial charge on any atom is 0.416 e. The minimum absolute atomic E-state index is 0.0563. The third-order valence-corrected chi connectivity index (χ3v) is 3.81. The Morgan fingerprint density at radius 2 is 1.85 bits per heavy atom. The molecule has 1 aromatic heterocycles. The number of aromatic nitrogens is 2. The third kappa shape index (κ3) is 5.16. The molecule has 27 heavy (non-hydrogen) atoms. The topological polar surface area (TPSA) is 68.0 Å². The van der Waals surface area contributed by atoms with Gasteiger partial charge in [-0.3, -0.25) is 4.79 Å². The molecule has 1 amide bonds. The van der Waals surface area contributed by atoms with Crippen LogP contribution in [0.15, 0.2) is 59.1 Å². The Labute approximate surface area is 153 Å². The number of aryl methyl sites for hydroxylation is 1. The van der Waals surface area contributed by atoms with Gasteiger partial charge in [-0.2, -0.15) is 18.2 Å². The Balaban J connectivity index is 1.56. The fourth-order valence-corrected chi connectivity index (χ4v) is 2.41. The molecule has 0 aliphatic rings. The maximum absolute atomic E-state index is 12.8. The SMILES string of the molecule is O=C(CCc1nc(-c2cccc(C(F)(F)F)c2)no1)NCc1ccccc1. The summed E-state index contributed by atoms with van der Waals surface area (Å²) in [5.41, 5.74) is 0.399. The van der Waals surface area contributed by atoms with E-state index in [1.165, 1.54) is 12.1 Å². The zero-order valence-electron chi connectivity index (χ0n) is 14.2. The third-order valence-electron chi connectivity index (χ3n) is 3.81. The quantitative estimate of drug-likeness (QED) is 0.707. The number of halogens is 3. The van der Waals surface area contributed by atoms with Crippen molar-refractivity contribution in [2.45, 2.75) is 25.6 Å². The van der Waals surface area contributed by atoms with Crippen molar-refractivity contribution in [1.82, 2.24) is 15.5 Å². The van der Waals surface area contributed by atoms with Gasteiger partial charge in [-0.15, -0.1) is 0 Å². The van der Waals surface area contributed by atoms with Gasteiger partial charge in [0.05, 0.1) is 5.56 Å². The van der Waals surface area contributed by atoms with E-state index in [1.807, 2.05) is 30.3 Å². The zero-order valence-corrected chi connectivity index (χ0v) is 14.2. The molecule has 0 atom stereocenters. The Hall–Kier alpha value is -3.16. The first-order valence-electron chi connectivity index (χ1n) is 8.22. The molecule has 0 saturated heterocycles. The fourth-order valence-electron chi connectivity index (χ4n) is 2.41. The lowest BCUT2D eigenvalue weighted by molar-refractivity contribution is -0.137. The number of nitrogens with zero attached hydrogens (tertiary/aromatic N) is 2. The first-order valence-corrected chi connectivity index (χ1v) is 8.22. The van der Waals surface area contributed by atoms with E-state index in [4.69, 9.17) is 4.52 Å². The van der Waals surface area contributed by atoms with Crippen LogP contribution in [0.3, 0.4) is 0 Å². The summed E-state index contributed by atoms with van der Waals surface area (Å²) in [5, 5.41) is 6.47. The van der Waals surface area contributed by atoms with E-state index in [-0.39, 0.29) is 36.0 Å². The molecule has 0 aliphatic heterocycles. The van der Waals surface area contributed by atoms with Crippen molar-refractivity contribution in [2.75, 3.05) is 0 Å². The lowest BCUT2D eigenvalue weighted by atomic mass is 10.1. The maximum atomic E-state index is 12.8. The van der Waals surface area contributed by atoms with Gasteiger partial charge in [0.15, 0.2) is 0 Å². The van der Waals surface area contributed by atoms with Gasteiger partial charge in [0.25, 0.3) is 0 Å². The predicted octanol–water partition coefficient (Wildman–Crippen LogP) is 4.00. The molecule has 1 heterocycles. The summed E-state index contributed by atoms with van der Waals surface area (Å²) in [6.45, 7) is 0.416. The lowest BCUT2D eigenvalue weighted by Crippen LogP contribution is -2.22. The Kier molecular flexibility index (Phi) is 5.54. The van der Waals surface area contributed by atoms with Gasteiger partial charge in [0.2, 0.25) is 17.6 Å². The molecule has 0 saturated carbocycles. The van der Waals surface area contributed by atoms with Crippen LogP contribution >= 0.6 is 0 Å². The number of amides is 1. The van der Waals surface area contributed by atoms with Crippen molar-refractivity contribution in [1.29, 1.82) is 0 Å². The van der Waals surface area contributed by atoms with E-state index in [2.05, 4.69) is 15.5 Å². The summed E-state index contributed by atoms with van der Waals surface area (Å²) in [7, 11) is 0. The number of hydrogen-bond donors (Lipinski definition) is 1. The van der Waals surface area contributed by atoms with Gasteiger partial charge in [-0.1, -0.05) is 47.6 Å². The summed E-state index contributed by atoms with van der Waals surface area (Å²) in [6, 6.07) is 14.1. The molecule has 8 heteroatoms. The summed E-state index contributed by atoms with van der Waals surface area (Å²) in [4.78, 5) is 16.0. The molecule has 0 spiro atoms. The molecule has 0 aliphatic carbocycles. The van der Waals surface area contributed by atoms with Crippen LogP contribution in [0.4, 0.5) is 13.2 Å². The van der Waals surface area contributed by atoms with Gasteiger partial charge in [-0.25, -0.2) is 0 Å². The molecule has 2 aromatic carbocycles. The normalized spacial score (nSPS) is 11.4. The van der Waals surface area contributed by atoms with Crippen LogP contribution in [0.25, 0.3) is 11.4 Å². The van der Waals surface area contributed by atoms with Crippen molar-refractivity contribution >= 4 is 5.91 Å². The molecule has 0 fully saturated rings. The molecular weight excluding hydrogens is 359 g/mol. The molecule has 0 unspecified atom stereocenters. The summed E-state index contributed by atoms with van der Waals surface area (Å²) >= 11 is 0. The molecule has 0 radical (unpaired) electrons. The van der Waals surface area contributed by atoms with Crippen LogP contribution in [-0.2, 0) is 23.9 Å². The van der Waals surface area contributed by atoms with Crippen LogP contribution in [0.2, 0.25) is 0 Å². The summed E-state index contributed by atoms with van der Waals surface area (Å²) in [6.07, 6.45) is -4.11. The average molecular weight is 375 g/mol. The smallest absolute Gasteiger partial charge is 0.352 e. The summed E-state index contributed by atoms with van der Waals surface area (Å²) < 4.78 is 43.4. The average Bonchev–Trinajstić information content (AvgIpc) is 3.14. The van der Waals surface area contributed by atoms with Crippen LogP contribution in [0, 0.1) is 0 Å². The molecule has 3 aromatic rings. The lowest BCUT2D eigenvalue weighted by Gasteiger charge is -2.06. The van der Waals surface area contributed by atoms with Gasteiger partial charge in [0.1, 0.15) is 0 Å². The number of carbonyl (C=O) groups excluding carboxylic acids is 1. The van der Waals surface area contributed by atoms with Crippen LogP contribution in [0.1, 0.15) is 23.4 Å². The number of benzene rings is 2. The van der Waals surface area contributed by atoms with Crippen molar-refractivity contribution in [2.24, 2.45) is 0 Å². The first-order chi connectivity index (χ1) is 12.9. The molecular formula is C19H16F3N3O2. The van der Waals surface area contributed by atoms with Crippen molar-refractivity contribution in [3.63, 3.8) is 0 Å². The van der Waals surface area contributed by atoms with E-state index in [1.54, 1.807) is 0 Å². The first kappa shape index (κ1) is 18.6. The Bertz CT molecular complexity index is 908. The van der Waals surface area contributed by atoms with Crippen molar-refractivity contribution in [3.05, 3.63) is 71.6 Å². The fraction of sp³-hybridized carbons (Fsp3) is 0.211. The highest BCUT2D eigenvalue weighted by molar-refractivity contribution is 5.76. The number of alkyl halides is 3. The number of carbonyl (C=O) groups is 1. The van der Waals surface area contributed by atoms with Crippen molar-refractivity contribution in [3.8, 4) is 11.4 Å². The highest BCUT2D eigenvalue weighted by atomic mass is 19.4. The van der Waals surface area contributed by atoms with Gasteiger partial charge < -0.3 is 9.84 Å². The largest absolute Gasteiger partial charge is 0.416 e. The second kappa shape index (κ2) is 8.03. The second-order valence-corrected chi connectivity index (χ2v) is 5.85. The Morgan fingerprint density at radius 1 is 1.07 bits per heavy atom. The molecule has 0 bridgehead atoms. The summed E-state index contributed by atoms with van der Waals surface area (Å²) in [5.74, 6) is 0.0655. The minimum Gasteiger partial charge on any atom is -0.352 e.